The fraction of sp³-hybridized carbons (Fsp3) is 0.222. The highest BCUT2D eigenvalue weighted by atomic mass is 16.1. The zero-order valence-corrected chi connectivity index (χ0v) is 12.1. The fourth-order valence-corrected chi connectivity index (χ4v) is 2.83. The molecule has 0 spiro atoms. The van der Waals surface area contributed by atoms with Crippen LogP contribution in [-0.2, 0) is 44.9 Å². The molecule has 0 aromatic heterocycles. The predicted octanol–water partition coefficient (Wildman–Crippen LogP) is 1.81. The monoisotopic (exact) mass is 296 g/mol. The molecule has 4 heteroatoms. The van der Waals surface area contributed by atoms with Crippen molar-refractivity contribution in [2.75, 3.05) is 0 Å². The number of benzene rings is 2. The smallest absolute Gasteiger partial charge is 0.124 e. The van der Waals surface area contributed by atoms with E-state index in [0.717, 1.165) is 58.2 Å². The lowest BCUT2D eigenvalue weighted by Gasteiger charge is -2.15. The van der Waals surface area contributed by atoms with Gasteiger partial charge in [0.2, 0.25) is 0 Å². The Labute approximate surface area is 128 Å². The van der Waals surface area contributed by atoms with Gasteiger partial charge in [-0.15, -0.1) is 0 Å². The number of hydrogen-bond acceptors (Lipinski definition) is 4. The summed E-state index contributed by atoms with van der Waals surface area (Å²) in [6.45, 7) is 0. The van der Waals surface area contributed by atoms with Crippen molar-refractivity contribution in [1.82, 2.24) is 0 Å². The van der Waals surface area contributed by atoms with E-state index in [4.69, 9.17) is 0 Å². The van der Waals surface area contributed by atoms with Crippen molar-refractivity contribution in [2.24, 2.45) is 0 Å². The lowest BCUT2D eigenvalue weighted by molar-refractivity contribution is -0.108. The molecular formula is C18H16O4. The molecule has 0 amide bonds. The summed E-state index contributed by atoms with van der Waals surface area (Å²) in [4.78, 5) is 43.7. The Morgan fingerprint density at radius 1 is 0.500 bits per heavy atom. The van der Waals surface area contributed by atoms with E-state index in [1.807, 2.05) is 24.3 Å². The molecular weight excluding hydrogens is 280 g/mol. The van der Waals surface area contributed by atoms with Crippen molar-refractivity contribution in [2.45, 2.75) is 25.7 Å². The largest absolute Gasteiger partial charge is 0.303 e. The third-order valence-corrected chi connectivity index (χ3v) is 3.72. The van der Waals surface area contributed by atoms with Crippen LogP contribution in [0.5, 0.6) is 0 Å². The molecule has 2 rings (SSSR count). The fourth-order valence-electron chi connectivity index (χ4n) is 2.83. The summed E-state index contributed by atoms with van der Waals surface area (Å²) in [5, 5.41) is 1.64. The lowest BCUT2D eigenvalue weighted by Crippen LogP contribution is -2.02. The van der Waals surface area contributed by atoms with Gasteiger partial charge in [-0.2, -0.15) is 0 Å². The number of aldehydes is 4. The Morgan fingerprint density at radius 3 is 0.909 bits per heavy atom. The van der Waals surface area contributed by atoms with Gasteiger partial charge in [0.15, 0.2) is 0 Å². The normalized spacial score (nSPS) is 10.4. The summed E-state index contributed by atoms with van der Waals surface area (Å²) in [6, 6.07) is 7.26. The second-order valence-electron chi connectivity index (χ2n) is 5.00. The van der Waals surface area contributed by atoms with Gasteiger partial charge in [0.1, 0.15) is 25.1 Å². The van der Waals surface area contributed by atoms with E-state index in [1.165, 1.54) is 0 Å². The first-order valence-electron chi connectivity index (χ1n) is 7.06. The topological polar surface area (TPSA) is 68.3 Å². The van der Waals surface area contributed by atoms with Gasteiger partial charge in [-0.25, -0.2) is 0 Å². The Morgan fingerprint density at radius 2 is 0.727 bits per heavy atom. The first-order valence-corrected chi connectivity index (χ1v) is 7.06. The zero-order chi connectivity index (χ0) is 15.9. The third-order valence-electron chi connectivity index (χ3n) is 3.72. The Balaban J connectivity index is 2.87. The highest BCUT2D eigenvalue weighted by Gasteiger charge is 2.13. The number of carbonyl (C=O) groups is 4. The molecule has 0 saturated carbocycles. The van der Waals surface area contributed by atoms with Gasteiger partial charge in [0, 0.05) is 25.7 Å². The summed E-state index contributed by atoms with van der Waals surface area (Å²) < 4.78 is 0. The van der Waals surface area contributed by atoms with Gasteiger partial charge < -0.3 is 19.2 Å². The van der Waals surface area contributed by atoms with Gasteiger partial charge >= 0.3 is 0 Å². The second-order valence-corrected chi connectivity index (χ2v) is 5.00. The van der Waals surface area contributed by atoms with Crippen molar-refractivity contribution in [3.63, 3.8) is 0 Å². The molecule has 2 aromatic carbocycles. The maximum absolute atomic E-state index is 10.9. The Bertz CT molecular complexity index is 610. The minimum absolute atomic E-state index is 0.230. The zero-order valence-electron chi connectivity index (χ0n) is 12.1. The number of fused-ring (bicyclic) bond motifs is 1. The molecule has 112 valence electrons. The summed E-state index contributed by atoms with van der Waals surface area (Å²) in [5.41, 5.74) is 3.24. The minimum Gasteiger partial charge on any atom is -0.303 e. The van der Waals surface area contributed by atoms with Gasteiger partial charge in [0.25, 0.3) is 0 Å². The van der Waals surface area contributed by atoms with Gasteiger partial charge in [-0.3, -0.25) is 0 Å². The molecule has 0 N–H and O–H groups in total. The van der Waals surface area contributed by atoms with Crippen LogP contribution < -0.4 is 0 Å². The molecule has 2 aromatic rings. The van der Waals surface area contributed by atoms with E-state index in [9.17, 15) is 19.2 Å². The van der Waals surface area contributed by atoms with E-state index in [1.54, 1.807) is 0 Å². The molecule has 0 aliphatic carbocycles. The van der Waals surface area contributed by atoms with Crippen molar-refractivity contribution in [3.05, 3.63) is 46.5 Å². The molecule has 0 aliphatic heterocycles. The average molecular weight is 296 g/mol. The lowest BCUT2D eigenvalue weighted by atomic mass is 9.88. The van der Waals surface area contributed by atoms with Crippen LogP contribution in [-0.4, -0.2) is 25.1 Å². The molecule has 0 bridgehead atoms. The van der Waals surface area contributed by atoms with Crippen molar-refractivity contribution < 1.29 is 19.2 Å². The summed E-state index contributed by atoms with van der Waals surface area (Å²) in [6.07, 6.45) is 4.16. The van der Waals surface area contributed by atoms with Crippen LogP contribution in [0.25, 0.3) is 10.8 Å². The summed E-state index contributed by atoms with van der Waals surface area (Å²) >= 11 is 0. The summed E-state index contributed by atoms with van der Waals surface area (Å²) in [7, 11) is 0. The average Bonchev–Trinajstić information content (AvgIpc) is 2.52. The van der Waals surface area contributed by atoms with E-state index in [2.05, 4.69) is 0 Å². The second kappa shape index (κ2) is 7.41. The molecule has 0 fully saturated rings. The van der Waals surface area contributed by atoms with Crippen LogP contribution >= 0.6 is 0 Å². The molecule has 0 atom stereocenters. The van der Waals surface area contributed by atoms with Crippen LogP contribution in [0.15, 0.2) is 24.3 Å². The maximum Gasteiger partial charge on any atom is 0.124 e. The Hall–Kier alpha value is -2.62. The molecule has 0 unspecified atom stereocenters. The van der Waals surface area contributed by atoms with Crippen molar-refractivity contribution >= 4 is 35.9 Å². The molecule has 0 radical (unpaired) electrons. The molecule has 22 heavy (non-hydrogen) atoms. The van der Waals surface area contributed by atoms with Crippen LogP contribution in [0.3, 0.4) is 0 Å². The van der Waals surface area contributed by atoms with Crippen LogP contribution in [0.2, 0.25) is 0 Å². The molecule has 4 nitrogen and oxygen atoms in total. The van der Waals surface area contributed by atoms with E-state index < -0.39 is 0 Å². The Kier molecular flexibility index (Phi) is 5.31. The summed E-state index contributed by atoms with van der Waals surface area (Å²) in [5.74, 6) is 0. The SMILES string of the molecule is O=CCc1ccc(CC=O)c2c(CC=O)ccc(CC=O)c12. The number of carbonyl (C=O) groups excluding carboxylic acids is 4. The van der Waals surface area contributed by atoms with Crippen molar-refractivity contribution in [1.29, 1.82) is 0 Å². The first-order chi connectivity index (χ1) is 10.8. The molecule has 0 heterocycles. The first kappa shape index (κ1) is 15.8. The van der Waals surface area contributed by atoms with Crippen molar-refractivity contribution in [3.8, 4) is 0 Å². The standard InChI is InChI=1S/C18H16O4/c19-9-5-13-1-2-14(6-10-20)18-16(8-12-22)4-3-15(7-11-21)17(13)18/h1-4,9-12H,5-8H2. The van der Waals surface area contributed by atoms with E-state index in [0.29, 0.717) is 0 Å². The van der Waals surface area contributed by atoms with Crippen LogP contribution in [0.4, 0.5) is 0 Å². The predicted molar refractivity (Wildman–Crippen MR) is 83.0 cm³/mol. The van der Waals surface area contributed by atoms with E-state index >= 15 is 0 Å². The number of hydrogen-bond donors (Lipinski definition) is 0. The van der Waals surface area contributed by atoms with Gasteiger partial charge in [-0.05, 0) is 33.0 Å². The van der Waals surface area contributed by atoms with Gasteiger partial charge in [-0.1, -0.05) is 24.3 Å². The highest BCUT2D eigenvalue weighted by molar-refractivity contribution is 5.98. The maximum atomic E-state index is 10.9. The minimum atomic E-state index is 0.230. The van der Waals surface area contributed by atoms with Crippen LogP contribution in [0, 0.1) is 0 Å². The van der Waals surface area contributed by atoms with Crippen LogP contribution in [0.1, 0.15) is 22.3 Å². The highest BCUT2D eigenvalue weighted by Crippen LogP contribution is 2.30. The third kappa shape index (κ3) is 3.01. The molecule has 0 saturated heterocycles. The molecule has 0 aliphatic rings. The van der Waals surface area contributed by atoms with Gasteiger partial charge in [0.05, 0.1) is 0 Å². The van der Waals surface area contributed by atoms with E-state index in [-0.39, 0.29) is 25.7 Å². The quantitative estimate of drug-likeness (QED) is 0.697. The number of rotatable bonds is 8.